The largest absolute Gasteiger partial charge is 0.361 e. The molecule has 1 atom stereocenters. The Balaban J connectivity index is 1.44. The molecule has 1 N–H and O–H groups in total. The van der Waals surface area contributed by atoms with Crippen LogP contribution in [0, 0.1) is 6.92 Å². The molecular weight excluding hydrogens is 527 g/mol. The smallest absolute Gasteiger partial charge is 0.253 e. The highest BCUT2D eigenvalue weighted by Crippen LogP contribution is 2.29. The van der Waals surface area contributed by atoms with Crippen LogP contribution in [0.15, 0.2) is 60.8 Å². The normalized spacial score (nSPS) is 12.3. The van der Waals surface area contributed by atoms with Gasteiger partial charge < -0.3 is 14.8 Å². The van der Waals surface area contributed by atoms with E-state index in [4.69, 9.17) is 34.8 Å². The Kier molecular flexibility index (Phi) is 9.14. The van der Waals surface area contributed by atoms with E-state index >= 15 is 0 Å². The molecule has 8 heteroatoms. The number of hydrogen-bond donors (Lipinski definition) is 1. The first-order chi connectivity index (χ1) is 17.7. The van der Waals surface area contributed by atoms with Gasteiger partial charge >= 0.3 is 0 Å². The molecule has 1 amide bonds. The number of carbonyl (C=O) groups is 1. The van der Waals surface area contributed by atoms with Gasteiger partial charge in [-0.3, -0.25) is 4.79 Å². The van der Waals surface area contributed by atoms with Gasteiger partial charge in [-0.1, -0.05) is 59.1 Å². The Bertz CT molecular complexity index is 1370. The van der Waals surface area contributed by atoms with Gasteiger partial charge in [-0.05, 0) is 74.8 Å². The number of benzene rings is 2. The lowest BCUT2D eigenvalue weighted by Gasteiger charge is -2.27. The van der Waals surface area contributed by atoms with E-state index in [0.717, 1.165) is 31.5 Å². The number of H-pyrrole nitrogens is 1. The zero-order valence-corrected chi connectivity index (χ0v) is 23.5. The number of likely N-dealkylation sites (N-methyl/N-ethyl adjacent to an activating group) is 2. The molecule has 0 spiro atoms. The van der Waals surface area contributed by atoms with Gasteiger partial charge in [0.1, 0.15) is 5.15 Å². The summed E-state index contributed by atoms with van der Waals surface area (Å²) >= 11 is 18.6. The van der Waals surface area contributed by atoms with Crippen molar-refractivity contribution in [2.75, 3.05) is 33.7 Å². The summed E-state index contributed by atoms with van der Waals surface area (Å²) in [4.78, 5) is 24.8. The first-order valence-corrected chi connectivity index (χ1v) is 13.4. The molecular formula is C29H31Cl3N4O. The van der Waals surface area contributed by atoms with Crippen LogP contribution < -0.4 is 0 Å². The summed E-state index contributed by atoms with van der Waals surface area (Å²) in [6, 6.07) is 17.5. The highest BCUT2D eigenvalue weighted by Gasteiger charge is 2.21. The number of aryl methyl sites for hydroxylation is 1. The van der Waals surface area contributed by atoms with Gasteiger partial charge in [0.15, 0.2) is 0 Å². The van der Waals surface area contributed by atoms with E-state index in [1.165, 1.54) is 16.5 Å². The lowest BCUT2D eigenvalue weighted by Crippen LogP contribution is -2.33. The lowest BCUT2D eigenvalue weighted by atomic mass is 9.94. The van der Waals surface area contributed by atoms with Crippen LogP contribution in [0.2, 0.25) is 15.2 Å². The van der Waals surface area contributed by atoms with E-state index in [-0.39, 0.29) is 11.8 Å². The molecule has 0 fully saturated rings. The summed E-state index contributed by atoms with van der Waals surface area (Å²) in [5.41, 5.74) is 4.78. The highest BCUT2D eigenvalue weighted by atomic mass is 35.5. The fourth-order valence-electron chi connectivity index (χ4n) is 4.65. The monoisotopic (exact) mass is 556 g/mol. The number of aromatic nitrogens is 2. The first kappa shape index (κ1) is 27.5. The predicted molar refractivity (Wildman–Crippen MR) is 154 cm³/mol. The molecule has 194 valence electrons. The van der Waals surface area contributed by atoms with E-state index in [9.17, 15) is 4.79 Å². The number of nitrogens with one attached hydrogen (secondary N) is 1. The van der Waals surface area contributed by atoms with Crippen LogP contribution in [0.1, 0.15) is 39.5 Å². The van der Waals surface area contributed by atoms with Crippen LogP contribution in [0.3, 0.4) is 0 Å². The number of para-hydroxylation sites is 1. The molecule has 0 aliphatic rings. The minimum atomic E-state index is -0.0925. The van der Waals surface area contributed by atoms with Crippen molar-refractivity contribution in [3.63, 3.8) is 0 Å². The summed E-state index contributed by atoms with van der Waals surface area (Å²) in [5, 5.41) is 2.62. The van der Waals surface area contributed by atoms with E-state index in [1.807, 2.05) is 38.2 Å². The second-order valence-corrected chi connectivity index (χ2v) is 10.8. The quantitative estimate of drug-likeness (QED) is 0.209. The van der Waals surface area contributed by atoms with Gasteiger partial charge in [0.25, 0.3) is 5.91 Å². The van der Waals surface area contributed by atoms with Crippen molar-refractivity contribution in [3.05, 3.63) is 98.4 Å². The van der Waals surface area contributed by atoms with Gasteiger partial charge in [-0.25, -0.2) is 4.98 Å². The lowest BCUT2D eigenvalue weighted by molar-refractivity contribution is 0.0783. The second kappa shape index (κ2) is 12.3. The van der Waals surface area contributed by atoms with Crippen molar-refractivity contribution in [2.24, 2.45) is 0 Å². The summed E-state index contributed by atoms with van der Waals surface area (Å²) < 4.78 is 0. The summed E-state index contributed by atoms with van der Waals surface area (Å²) in [6.07, 6.45) is 3.92. The topological polar surface area (TPSA) is 52.2 Å². The van der Waals surface area contributed by atoms with Crippen LogP contribution in [-0.4, -0.2) is 59.4 Å². The number of aromatic amines is 1. The number of carbonyl (C=O) groups excluding carboxylic acids is 1. The minimum Gasteiger partial charge on any atom is -0.361 e. The number of pyridine rings is 1. The van der Waals surface area contributed by atoms with Crippen LogP contribution in [0.25, 0.3) is 10.9 Å². The summed E-state index contributed by atoms with van der Waals surface area (Å²) in [6.45, 7) is 4.16. The third kappa shape index (κ3) is 7.05. The molecule has 0 aliphatic heterocycles. The minimum absolute atomic E-state index is 0.0812. The van der Waals surface area contributed by atoms with Gasteiger partial charge in [-0.2, -0.15) is 0 Å². The van der Waals surface area contributed by atoms with Gasteiger partial charge in [-0.15, -0.1) is 0 Å². The Labute approximate surface area is 233 Å². The van der Waals surface area contributed by atoms with Crippen LogP contribution in [0.5, 0.6) is 0 Å². The molecule has 0 saturated carbocycles. The fourth-order valence-corrected chi connectivity index (χ4v) is 5.21. The van der Waals surface area contributed by atoms with Crippen LogP contribution in [-0.2, 0) is 6.42 Å². The van der Waals surface area contributed by atoms with Crippen LogP contribution >= 0.6 is 34.8 Å². The molecule has 4 aromatic rings. The average Bonchev–Trinajstić information content (AvgIpc) is 3.29. The van der Waals surface area contributed by atoms with Crippen molar-refractivity contribution in [1.29, 1.82) is 0 Å². The highest BCUT2D eigenvalue weighted by molar-refractivity contribution is 6.42. The number of nitrogens with zero attached hydrogens (tertiary/aromatic N) is 3. The van der Waals surface area contributed by atoms with E-state index in [2.05, 4.69) is 46.3 Å². The Hall–Kier alpha value is -2.57. The molecule has 5 nitrogen and oxygen atoms in total. The zero-order valence-electron chi connectivity index (χ0n) is 21.3. The van der Waals surface area contributed by atoms with Crippen LogP contribution in [0.4, 0.5) is 0 Å². The van der Waals surface area contributed by atoms with Gasteiger partial charge in [0, 0.05) is 54.4 Å². The number of amides is 1. The van der Waals surface area contributed by atoms with Crippen molar-refractivity contribution < 1.29 is 4.79 Å². The number of fused-ring (bicyclic) bond motifs is 1. The maximum Gasteiger partial charge on any atom is 0.253 e. The molecule has 2 heterocycles. The predicted octanol–water partition coefficient (Wildman–Crippen LogP) is 7.25. The molecule has 0 aliphatic carbocycles. The van der Waals surface area contributed by atoms with E-state index in [1.54, 1.807) is 17.0 Å². The first-order valence-electron chi connectivity index (χ1n) is 12.3. The van der Waals surface area contributed by atoms with Gasteiger partial charge in [0.2, 0.25) is 0 Å². The summed E-state index contributed by atoms with van der Waals surface area (Å²) in [7, 11) is 3.95. The Morgan fingerprint density at radius 2 is 1.78 bits per heavy atom. The molecule has 37 heavy (non-hydrogen) atoms. The third-order valence-corrected chi connectivity index (χ3v) is 7.65. The maximum absolute atomic E-state index is 13.2. The SMILES string of the molecule is Cc1cc(C(=O)N(C)CC(CCN(C)CCc2c[nH]c3ccccc23)c2ccc(Cl)c(Cl)c2)cc(Cl)n1. The molecule has 1 unspecified atom stereocenters. The second-order valence-electron chi connectivity index (χ2n) is 9.58. The number of hydrogen-bond acceptors (Lipinski definition) is 3. The molecule has 0 radical (unpaired) electrons. The molecule has 0 bridgehead atoms. The van der Waals surface area contributed by atoms with Gasteiger partial charge in [0.05, 0.1) is 10.0 Å². The zero-order chi connectivity index (χ0) is 26.5. The molecule has 4 rings (SSSR count). The third-order valence-electron chi connectivity index (χ3n) is 6.72. The van der Waals surface area contributed by atoms with Crippen molar-refractivity contribution >= 4 is 51.6 Å². The molecule has 2 aromatic heterocycles. The number of halogens is 3. The van der Waals surface area contributed by atoms with E-state index < -0.39 is 0 Å². The molecule has 0 saturated heterocycles. The molecule has 2 aromatic carbocycles. The fraction of sp³-hybridized carbons (Fsp3) is 0.310. The number of rotatable bonds is 10. The average molecular weight is 558 g/mol. The standard InChI is InChI=1S/C29H31Cl3N4O/c1-19-14-23(16-28(32)34-19)29(37)36(3)18-22(20-8-9-25(30)26(31)15-20)11-13-35(2)12-10-21-17-33-27-7-5-4-6-24(21)27/h4-9,14-17,22,33H,10-13,18H2,1-3H3. The van der Waals surface area contributed by atoms with Crippen molar-refractivity contribution in [1.82, 2.24) is 19.8 Å². The Morgan fingerprint density at radius 1 is 1.00 bits per heavy atom. The Morgan fingerprint density at radius 3 is 2.54 bits per heavy atom. The maximum atomic E-state index is 13.2. The van der Waals surface area contributed by atoms with Crippen molar-refractivity contribution in [3.8, 4) is 0 Å². The summed E-state index contributed by atoms with van der Waals surface area (Å²) in [5.74, 6) is -0.0113. The van der Waals surface area contributed by atoms with E-state index in [0.29, 0.717) is 33.0 Å². The van der Waals surface area contributed by atoms with Crippen molar-refractivity contribution in [2.45, 2.75) is 25.7 Å².